The molecule has 0 unspecified atom stereocenters. The van der Waals surface area contributed by atoms with Crippen LogP contribution in [-0.2, 0) is 29.1 Å². The SMILES string of the molecule is CN(Cc1cc2n(n1)CCCNC2)C[C@@H]1COCCO1. The lowest BCUT2D eigenvalue weighted by Crippen LogP contribution is -2.38. The quantitative estimate of drug-likeness (QED) is 0.855. The molecule has 6 nitrogen and oxygen atoms in total. The second kappa shape index (κ2) is 6.67. The van der Waals surface area contributed by atoms with Gasteiger partial charge in [0, 0.05) is 26.2 Å². The van der Waals surface area contributed by atoms with Gasteiger partial charge in [0.15, 0.2) is 0 Å². The Morgan fingerprint density at radius 3 is 3.30 bits per heavy atom. The zero-order valence-corrected chi connectivity index (χ0v) is 12.2. The fraction of sp³-hybridized carbons (Fsp3) is 0.786. The van der Waals surface area contributed by atoms with Gasteiger partial charge in [0.05, 0.1) is 37.3 Å². The Morgan fingerprint density at radius 1 is 1.50 bits per heavy atom. The highest BCUT2D eigenvalue weighted by atomic mass is 16.6. The van der Waals surface area contributed by atoms with E-state index in [2.05, 4.69) is 28.0 Å². The van der Waals surface area contributed by atoms with E-state index in [9.17, 15) is 0 Å². The molecule has 2 aliphatic rings. The van der Waals surface area contributed by atoms with Gasteiger partial charge in [-0.1, -0.05) is 0 Å². The van der Waals surface area contributed by atoms with Crippen molar-refractivity contribution in [3.05, 3.63) is 17.5 Å². The summed E-state index contributed by atoms with van der Waals surface area (Å²) in [7, 11) is 2.11. The zero-order chi connectivity index (χ0) is 13.8. The number of hydrogen-bond acceptors (Lipinski definition) is 5. The van der Waals surface area contributed by atoms with Gasteiger partial charge in [-0.25, -0.2) is 0 Å². The van der Waals surface area contributed by atoms with Crippen molar-refractivity contribution in [2.75, 3.05) is 40.0 Å². The van der Waals surface area contributed by atoms with Gasteiger partial charge in [0.1, 0.15) is 0 Å². The highest BCUT2D eigenvalue weighted by molar-refractivity contribution is 5.11. The van der Waals surface area contributed by atoms with Crippen LogP contribution < -0.4 is 5.32 Å². The molecular weight excluding hydrogens is 256 g/mol. The number of nitrogens with zero attached hydrogens (tertiary/aromatic N) is 3. The van der Waals surface area contributed by atoms with Gasteiger partial charge < -0.3 is 14.8 Å². The van der Waals surface area contributed by atoms with Crippen LogP contribution in [0.15, 0.2) is 6.07 Å². The van der Waals surface area contributed by atoms with Gasteiger partial charge in [0.2, 0.25) is 0 Å². The van der Waals surface area contributed by atoms with E-state index in [1.807, 2.05) is 0 Å². The van der Waals surface area contributed by atoms with Crippen LogP contribution in [-0.4, -0.2) is 60.7 Å². The first kappa shape index (κ1) is 14.0. The number of fused-ring (bicyclic) bond motifs is 1. The highest BCUT2D eigenvalue weighted by Crippen LogP contribution is 2.11. The van der Waals surface area contributed by atoms with E-state index in [0.29, 0.717) is 13.2 Å². The van der Waals surface area contributed by atoms with E-state index in [-0.39, 0.29) is 6.10 Å². The Kier molecular flexibility index (Phi) is 4.67. The Bertz CT molecular complexity index is 405. The van der Waals surface area contributed by atoms with E-state index in [1.54, 1.807) is 0 Å². The molecule has 0 amide bonds. The molecule has 1 aromatic rings. The van der Waals surface area contributed by atoms with E-state index >= 15 is 0 Å². The van der Waals surface area contributed by atoms with Crippen LogP contribution in [0.2, 0.25) is 0 Å². The molecule has 0 aromatic carbocycles. The Balaban J connectivity index is 1.54. The summed E-state index contributed by atoms with van der Waals surface area (Å²) in [4.78, 5) is 2.26. The van der Waals surface area contributed by atoms with Crippen molar-refractivity contribution in [2.24, 2.45) is 0 Å². The average Bonchev–Trinajstić information content (AvgIpc) is 2.68. The smallest absolute Gasteiger partial charge is 0.0936 e. The van der Waals surface area contributed by atoms with Gasteiger partial charge >= 0.3 is 0 Å². The third-order valence-electron chi connectivity index (χ3n) is 3.78. The predicted octanol–water partition coefficient (Wildman–Crippen LogP) is 0.224. The average molecular weight is 280 g/mol. The highest BCUT2D eigenvalue weighted by Gasteiger charge is 2.18. The lowest BCUT2D eigenvalue weighted by Gasteiger charge is -2.27. The summed E-state index contributed by atoms with van der Waals surface area (Å²) in [6.07, 6.45) is 1.34. The lowest BCUT2D eigenvalue weighted by atomic mass is 10.3. The minimum absolute atomic E-state index is 0.191. The number of ether oxygens (including phenoxy) is 2. The Morgan fingerprint density at radius 2 is 2.45 bits per heavy atom. The number of aromatic nitrogens is 2. The predicted molar refractivity (Wildman–Crippen MR) is 75.4 cm³/mol. The summed E-state index contributed by atoms with van der Waals surface area (Å²) in [5.41, 5.74) is 2.44. The first-order chi connectivity index (χ1) is 9.81. The maximum absolute atomic E-state index is 5.68. The molecule has 3 heterocycles. The molecule has 0 bridgehead atoms. The summed E-state index contributed by atoms with van der Waals surface area (Å²) >= 11 is 0. The fourth-order valence-electron chi connectivity index (χ4n) is 2.83. The summed E-state index contributed by atoms with van der Waals surface area (Å²) in [5.74, 6) is 0. The third kappa shape index (κ3) is 3.58. The van der Waals surface area contributed by atoms with Gasteiger partial charge in [-0.05, 0) is 26.1 Å². The first-order valence-corrected chi connectivity index (χ1v) is 7.45. The van der Waals surface area contributed by atoms with E-state index < -0.39 is 0 Å². The molecule has 20 heavy (non-hydrogen) atoms. The standard InChI is InChI=1S/C14H24N4O2/c1-17(10-14-11-19-5-6-20-14)9-12-7-13-8-15-3-2-4-18(13)16-12/h7,14-15H,2-6,8-11H2,1H3/t14-/m1/s1. The number of hydrogen-bond donors (Lipinski definition) is 1. The van der Waals surface area contributed by atoms with Crippen molar-refractivity contribution in [2.45, 2.75) is 32.2 Å². The van der Waals surface area contributed by atoms with Gasteiger partial charge in [-0.2, -0.15) is 5.10 Å². The summed E-state index contributed by atoms with van der Waals surface area (Å²) in [6, 6.07) is 2.22. The maximum atomic E-state index is 5.68. The van der Waals surface area contributed by atoms with Crippen molar-refractivity contribution in [1.29, 1.82) is 0 Å². The molecule has 0 spiro atoms. The van der Waals surface area contributed by atoms with Crippen molar-refractivity contribution in [1.82, 2.24) is 20.0 Å². The fourth-order valence-corrected chi connectivity index (χ4v) is 2.83. The molecule has 1 aromatic heterocycles. The maximum Gasteiger partial charge on any atom is 0.0936 e. The molecule has 2 aliphatic heterocycles. The number of nitrogens with one attached hydrogen (secondary N) is 1. The molecule has 1 N–H and O–H groups in total. The van der Waals surface area contributed by atoms with Crippen LogP contribution >= 0.6 is 0 Å². The largest absolute Gasteiger partial charge is 0.376 e. The number of aryl methyl sites for hydroxylation is 1. The Labute approximate surface area is 120 Å². The molecule has 112 valence electrons. The minimum atomic E-state index is 0.191. The van der Waals surface area contributed by atoms with E-state index in [4.69, 9.17) is 14.6 Å². The van der Waals surface area contributed by atoms with Crippen molar-refractivity contribution >= 4 is 0 Å². The van der Waals surface area contributed by atoms with E-state index in [0.717, 1.165) is 51.4 Å². The topological polar surface area (TPSA) is 51.6 Å². The molecular formula is C14H24N4O2. The van der Waals surface area contributed by atoms with Crippen molar-refractivity contribution in [3.8, 4) is 0 Å². The summed E-state index contributed by atoms with van der Waals surface area (Å²) in [6.45, 7) is 6.91. The second-order valence-corrected chi connectivity index (χ2v) is 5.64. The Hall–Kier alpha value is -0.950. The molecule has 0 aliphatic carbocycles. The van der Waals surface area contributed by atoms with Gasteiger partial charge in [0.25, 0.3) is 0 Å². The molecule has 0 saturated carbocycles. The first-order valence-electron chi connectivity index (χ1n) is 7.45. The van der Waals surface area contributed by atoms with Crippen LogP contribution in [0.5, 0.6) is 0 Å². The monoisotopic (exact) mass is 280 g/mol. The van der Waals surface area contributed by atoms with Crippen LogP contribution in [0.4, 0.5) is 0 Å². The summed E-state index contributed by atoms with van der Waals surface area (Å²) < 4.78 is 13.3. The molecule has 6 heteroatoms. The summed E-state index contributed by atoms with van der Waals surface area (Å²) in [5, 5.41) is 8.13. The lowest BCUT2D eigenvalue weighted by molar-refractivity contribution is -0.0963. The molecule has 3 rings (SSSR count). The van der Waals surface area contributed by atoms with Crippen molar-refractivity contribution in [3.63, 3.8) is 0 Å². The molecule has 0 radical (unpaired) electrons. The zero-order valence-electron chi connectivity index (χ0n) is 12.2. The molecule has 1 saturated heterocycles. The van der Waals surface area contributed by atoms with Gasteiger partial charge in [-0.15, -0.1) is 0 Å². The van der Waals surface area contributed by atoms with Crippen molar-refractivity contribution < 1.29 is 9.47 Å². The van der Waals surface area contributed by atoms with Crippen LogP contribution in [0, 0.1) is 0 Å². The second-order valence-electron chi connectivity index (χ2n) is 5.64. The number of rotatable bonds is 4. The molecule has 1 fully saturated rings. The minimum Gasteiger partial charge on any atom is -0.376 e. The third-order valence-corrected chi connectivity index (χ3v) is 3.78. The van der Waals surface area contributed by atoms with Crippen LogP contribution in [0.3, 0.4) is 0 Å². The normalized spacial score (nSPS) is 23.6. The molecule has 1 atom stereocenters. The van der Waals surface area contributed by atoms with E-state index in [1.165, 1.54) is 5.69 Å². The van der Waals surface area contributed by atoms with Crippen LogP contribution in [0.1, 0.15) is 17.8 Å². The number of likely N-dealkylation sites (N-methyl/N-ethyl adjacent to an activating group) is 1. The van der Waals surface area contributed by atoms with Gasteiger partial charge in [-0.3, -0.25) is 9.58 Å². The van der Waals surface area contributed by atoms with Crippen LogP contribution in [0.25, 0.3) is 0 Å².